The van der Waals surface area contributed by atoms with Crippen LogP contribution in [0.15, 0.2) is 0 Å². The summed E-state index contributed by atoms with van der Waals surface area (Å²) in [6, 6.07) is 0. The van der Waals surface area contributed by atoms with Crippen molar-refractivity contribution >= 4 is 17.3 Å². The van der Waals surface area contributed by atoms with Gasteiger partial charge in [-0.25, -0.2) is 0 Å². The van der Waals surface area contributed by atoms with Crippen molar-refractivity contribution in [2.45, 2.75) is 13.3 Å². The van der Waals surface area contributed by atoms with Crippen LogP contribution in [0.4, 0.5) is 0 Å². The topological polar surface area (TPSA) is 12.5 Å². The largest absolute Gasteiger partial charge is 0.487 e. The fourth-order valence-corrected chi connectivity index (χ4v) is 0.680. The van der Waals surface area contributed by atoms with Gasteiger partial charge < -0.3 is 9.64 Å². The lowest BCUT2D eigenvalue weighted by Gasteiger charge is -2.08. The van der Waals surface area contributed by atoms with E-state index < -0.39 is 0 Å². The van der Waals surface area contributed by atoms with Crippen LogP contribution in [-0.4, -0.2) is 37.2 Å². The predicted octanol–water partition coefficient (Wildman–Crippen LogP) is 1.30. The van der Waals surface area contributed by atoms with E-state index in [1.54, 1.807) is 6.92 Å². The molecule has 0 aromatic heterocycles. The number of thiocarbonyl (C=S) groups is 1. The van der Waals surface area contributed by atoms with Crippen LogP contribution in [0.2, 0.25) is 0 Å². The molecular formula is C7H15NOS. The van der Waals surface area contributed by atoms with E-state index in [-0.39, 0.29) is 0 Å². The Morgan fingerprint density at radius 3 is 2.50 bits per heavy atom. The Kier molecular flexibility index (Phi) is 5.54. The molecule has 0 aliphatic heterocycles. The highest BCUT2D eigenvalue weighted by Crippen LogP contribution is 1.86. The van der Waals surface area contributed by atoms with Crippen LogP contribution in [0.1, 0.15) is 13.3 Å². The van der Waals surface area contributed by atoms with Gasteiger partial charge >= 0.3 is 0 Å². The van der Waals surface area contributed by atoms with Crippen molar-refractivity contribution in [3.05, 3.63) is 0 Å². The van der Waals surface area contributed by atoms with Crippen LogP contribution in [0.25, 0.3) is 0 Å². The SMILES string of the molecule is CC(=S)OCCCN(C)C. The van der Waals surface area contributed by atoms with E-state index in [9.17, 15) is 0 Å². The molecule has 2 nitrogen and oxygen atoms in total. The average molecular weight is 161 g/mol. The standard InChI is InChI=1S/C7H15NOS/c1-7(10)9-6-4-5-8(2)3/h4-6H2,1-3H3. The number of ether oxygens (including phenoxy) is 1. The van der Waals surface area contributed by atoms with E-state index in [4.69, 9.17) is 17.0 Å². The first-order valence-electron chi connectivity index (χ1n) is 3.41. The lowest BCUT2D eigenvalue weighted by Crippen LogP contribution is -2.15. The smallest absolute Gasteiger partial charge is 0.156 e. The molecule has 0 aliphatic rings. The molecule has 0 bridgehead atoms. The molecule has 10 heavy (non-hydrogen) atoms. The molecule has 3 heteroatoms. The van der Waals surface area contributed by atoms with Crippen molar-refractivity contribution < 1.29 is 4.74 Å². The third-order valence-electron chi connectivity index (χ3n) is 1.05. The molecular weight excluding hydrogens is 146 g/mol. The third kappa shape index (κ3) is 7.85. The maximum absolute atomic E-state index is 5.10. The number of hydrogen-bond donors (Lipinski definition) is 0. The minimum absolute atomic E-state index is 0.638. The van der Waals surface area contributed by atoms with Gasteiger partial charge in [-0.3, -0.25) is 0 Å². The second-order valence-corrected chi connectivity index (χ2v) is 3.07. The second kappa shape index (κ2) is 5.62. The fourth-order valence-electron chi connectivity index (χ4n) is 0.597. The van der Waals surface area contributed by atoms with Crippen molar-refractivity contribution in [3.8, 4) is 0 Å². The maximum Gasteiger partial charge on any atom is 0.156 e. The molecule has 0 N–H and O–H groups in total. The summed E-state index contributed by atoms with van der Waals surface area (Å²) in [4.78, 5) is 2.13. The summed E-state index contributed by atoms with van der Waals surface area (Å²) in [5.74, 6) is 0. The zero-order valence-corrected chi connectivity index (χ0v) is 7.70. The summed E-state index contributed by atoms with van der Waals surface area (Å²) in [5.41, 5.74) is 0. The van der Waals surface area contributed by atoms with Gasteiger partial charge in [-0.1, -0.05) is 0 Å². The van der Waals surface area contributed by atoms with Gasteiger partial charge in [0.1, 0.15) is 0 Å². The number of rotatable bonds is 4. The Morgan fingerprint density at radius 2 is 2.10 bits per heavy atom. The summed E-state index contributed by atoms with van der Waals surface area (Å²) in [6.07, 6.45) is 1.04. The summed E-state index contributed by atoms with van der Waals surface area (Å²) < 4.78 is 5.10. The Morgan fingerprint density at radius 1 is 1.50 bits per heavy atom. The highest BCUT2D eigenvalue weighted by Gasteiger charge is 1.90. The highest BCUT2D eigenvalue weighted by molar-refractivity contribution is 7.80. The van der Waals surface area contributed by atoms with Crippen molar-refractivity contribution in [2.24, 2.45) is 0 Å². The molecule has 0 radical (unpaired) electrons. The third-order valence-corrected chi connectivity index (χ3v) is 1.17. The summed E-state index contributed by atoms with van der Waals surface area (Å²) in [7, 11) is 4.09. The molecule has 0 heterocycles. The van der Waals surface area contributed by atoms with Crippen molar-refractivity contribution in [1.29, 1.82) is 0 Å². The van der Waals surface area contributed by atoms with Crippen molar-refractivity contribution in [2.75, 3.05) is 27.2 Å². The van der Waals surface area contributed by atoms with Gasteiger partial charge in [-0.05, 0) is 32.7 Å². The molecule has 0 aromatic carbocycles. The second-order valence-electron chi connectivity index (χ2n) is 2.50. The van der Waals surface area contributed by atoms with Crippen molar-refractivity contribution in [1.82, 2.24) is 4.90 Å². The average Bonchev–Trinajstić information content (AvgIpc) is 1.79. The monoisotopic (exact) mass is 161 g/mol. The van der Waals surface area contributed by atoms with Crippen LogP contribution in [0, 0.1) is 0 Å². The van der Waals surface area contributed by atoms with E-state index >= 15 is 0 Å². The summed E-state index contributed by atoms with van der Waals surface area (Å²) in [5, 5.41) is 0.638. The minimum Gasteiger partial charge on any atom is -0.487 e. The zero-order valence-electron chi connectivity index (χ0n) is 6.89. The predicted molar refractivity (Wildman–Crippen MR) is 47.4 cm³/mol. The van der Waals surface area contributed by atoms with Gasteiger partial charge in [0.2, 0.25) is 0 Å². The normalized spacial score (nSPS) is 10.0. The zero-order chi connectivity index (χ0) is 7.98. The quantitative estimate of drug-likeness (QED) is 0.455. The lowest BCUT2D eigenvalue weighted by atomic mass is 10.4. The first-order chi connectivity index (χ1) is 4.63. The molecule has 0 aliphatic carbocycles. The van der Waals surface area contributed by atoms with Gasteiger partial charge in [0.05, 0.1) is 6.61 Å². The molecule has 0 saturated heterocycles. The van der Waals surface area contributed by atoms with Gasteiger partial charge in [0.15, 0.2) is 5.05 Å². The molecule has 0 rings (SSSR count). The number of hydrogen-bond acceptors (Lipinski definition) is 3. The first-order valence-corrected chi connectivity index (χ1v) is 3.82. The van der Waals surface area contributed by atoms with Crippen LogP contribution in [0.5, 0.6) is 0 Å². The minimum atomic E-state index is 0.638. The van der Waals surface area contributed by atoms with Crippen LogP contribution < -0.4 is 0 Å². The van der Waals surface area contributed by atoms with Gasteiger partial charge in [-0.15, -0.1) is 0 Å². The Labute approximate surface area is 68.2 Å². The summed E-state index contributed by atoms with van der Waals surface area (Å²) in [6.45, 7) is 3.60. The van der Waals surface area contributed by atoms with Gasteiger partial charge in [-0.2, -0.15) is 0 Å². The van der Waals surface area contributed by atoms with E-state index in [0.717, 1.165) is 19.6 Å². The molecule has 0 aromatic rings. The van der Waals surface area contributed by atoms with Crippen LogP contribution in [0.3, 0.4) is 0 Å². The molecule has 0 atom stereocenters. The van der Waals surface area contributed by atoms with Crippen LogP contribution in [-0.2, 0) is 4.74 Å². The van der Waals surface area contributed by atoms with Crippen LogP contribution >= 0.6 is 12.2 Å². The van der Waals surface area contributed by atoms with E-state index in [1.807, 2.05) is 14.1 Å². The molecule has 0 unspecified atom stereocenters. The maximum atomic E-state index is 5.10. The molecule has 0 fully saturated rings. The van der Waals surface area contributed by atoms with E-state index in [1.165, 1.54) is 0 Å². The molecule has 0 saturated carbocycles. The van der Waals surface area contributed by atoms with Crippen molar-refractivity contribution in [3.63, 3.8) is 0 Å². The number of nitrogens with zero attached hydrogens (tertiary/aromatic N) is 1. The van der Waals surface area contributed by atoms with E-state index in [2.05, 4.69) is 4.90 Å². The lowest BCUT2D eigenvalue weighted by molar-refractivity contribution is 0.275. The fraction of sp³-hybridized carbons (Fsp3) is 0.857. The Bertz CT molecular complexity index is 104. The first kappa shape index (κ1) is 9.85. The molecule has 0 amide bonds. The Hall–Kier alpha value is -0.150. The van der Waals surface area contributed by atoms with E-state index in [0.29, 0.717) is 5.05 Å². The molecule has 0 spiro atoms. The highest BCUT2D eigenvalue weighted by atomic mass is 32.1. The summed E-state index contributed by atoms with van der Waals surface area (Å²) >= 11 is 4.74. The Balaban J connectivity index is 2.98. The molecule has 60 valence electrons. The van der Waals surface area contributed by atoms with Gasteiger partial charge in [0, 0.05) is 13.5 Å². The van der Waals surface area contributed by atoms with Gasteiger partial charge in [0.25, 0.3) is 0 Å².